The van der Waals surface area contributed by atoms with Gasteiger partial charge >= 0.3 is 5.97 Å². The first kappa shape index (κ1) is 11.0. The van der Waals surface area contributed by atoms with Gasteiger partial charge in [-0.25, -0.2) is 4.79 Å². The zero-order chi connectivity index (χ0) is 10.4. The van der Waals surface area contributed by atoms with Crippen molar-refractivity contribution in [3.8, 4) is 0 Å². The normalized spacial score (nSPS) is 10.4. The maximum atomic E-state index is 10.7. The molecule has 0 saturated heterocycles. The van der Waals surface area contributed by atoms with Gasteiger partial charge in [-0.3, -0.25) is 0 Å². The summed E-state index contributed by atoms with van der Waals surface area (Å²) >= 11 is 3.36. The van der Waals surface area contributed by atoms with E-state index in [2.05, 4.69) is 20.7 Å². The molecule has 0 radical (unpaired) electrons. The predicted molar refractivity (Wildman–Crippen MR) is 59.0 cm³/mol. The summed E-state index contributed by atoms with van der Waals surface area (Å²) in [5.41, 5.74) is 1.16. The van der Waals surface area contributed by atoms with Gasteiger partial charge in [0.1, 0.15) is 0 Å². The lowest BCUT2D eigenvalue weighted by Crippen LogP contribution is -1.93. The summed E-state index contributed by atoms with van der Waals surface area (Å²) in [6.07, 6.45) is 3.96. The second-order valence-electron chi connectivity index (χ2n) is 2.76. The lowest BCUT2D eigenvalue weighted by Gasteiger charge is -1.96. The molecule has 0 aliphatic rings. The average Bonchev–Trinajstić information content (AvgIpc) is 2.21. The Labute approximate surface area is 91.7 Å². The number of hydrogen-bond donors (Lipinski definition) is 0. The molecule has 0 amide bonds. The van der Waals surface area contributed by atoms with E-state index in [1.807, 2.05) is 24.3 Å². The highest BCUT2D eigenvalue weighted by atomic mass is 79.9. The van der Waals surface area contributed by atoms with Crippen LogP contribution >= 0.6 is 15.9 Å². The number of hydrogen-bond acceptors (Lipinski definition) is 2. The Morgan fingerprint density at radius 1 is 1.43 bits per heavy atom. The number of carbonyl (C=O) groups is 1. The zero-order valence-corrected chi connectivity index (χ0v) is 9.45. The Bertz CT molecular complexity index is 328. The van der Waals surface area contributed by atoms with Crippen molar-refractivity contribution in [3.63, 3.8) is 0 Å². The first-order valence-corrected chi connectivity index (χ1v) is 5.00. The second kappa shape index (κ2) is 5.60. The Hall–Kier alpha value is -1.09. The third-order valence-electron chi connectivity index (χ3n) is 1.72. The fraction of sp³-hybridized carbons (Fsp3) is 0.182. The van der Waals surface area contributed by atoms with E-state index < -0.39 is 0 Å². The lowest BCUT2D eigenvalue weighted by atomic mass is 10.1. The van der Waals surface area contributed by atoms with Crippen molar-refractivity contribution in [1.82, 2.24) is 0 Å². The van der Waals surface area contributed by atoms with Crippen LogP contribution in [0.5, 0.6) is 0 Å². The molecule has 0 atom stereocenters. The number of esters is 1. The molecule has 1 aromatic rings. The van der Waals surface area contributed by atoms with Gasteiger partial charge in [-0.1, -0.05) is 34.1 Å². The summed E-state index contributed by atoms with van der Waals surface area (Å²) in [5.74, 6) is -0.317. The molecule has 2 nitrogen and oxygen atoms in total. The number of halogens is 1. The summed E-state index contributed by atoms with van der Waals surface area (Å²) in [7, 11) is 1.37. The summed E-state index contributed by atoms with van der Waals surface area (Å²) in [6.45, 7) is 0. The molecular weight excluding hydrogens is 244 g/mol. The number of carbonyl (C=O) groups excluding carboxylic acids is 1. The van der Waals surface area contributed by atoms with Crippen molar-refractivity contribution < 1.29 is 9.53 Å². The van der Waals surface area contributed by atoms with E-state index in [-0.39, 0.29) is 5.97 Å². The minimum absolute atomic E-state index is 0.317. The van der Waals surface area contributed by atoms with Crippen LogP contribution in [0.3, 0.4) is 0 Å². The van der Waals surface area contributed by atoms with Crippen molar-refractivity contribution in [1.29, 1.82) is 0 Å². The van der Waals surface area contributed by atoms with Crippen molar-refractivity contribution in [2.24, 2.45) is 0 Å². The van der Waals surface area contributed by atoms with Crippen LogP contribution in [-0.4, -0.2) is 13.1 Å². The van der Waals surface area contributed by atoms with Gasteiger partial charge in [0.15, 0.2) is 0 Å². The van der Waals surface area contributed by atoms with Crippen LogP contribution in [-0.2, 0) is 16.0 Å². The van der Waals surface area contributed by atoms with E-state index in [9.17, 15) is 4.79 Å². The van der Waals surface area contributed by atoms with Crippen LogP contribution < -0.4 is 0 Å². The first-order chi connectivity index (χ1) is 6.72. The molecule has 0 aliphatic heterocycles. The highest BCUT2D eigenvalue weighted by Gasteiger charge is 1.92. The molecule has 0 fully saturated rings. The van der Waals surface area contributed by atoms with Gasteiger partial charge in [-0.05, 0) is 24.1 Å². The van der Waals surface area contributed by atoms with Gasteiger partial charge in [0.25, 0.3) is 0 Å². The first-order valence-electron chi connectivity index (χ1n) is 4.21. The van der Waals surface area contributed by atoms with E-state index in [0.29, 0.717) is 0 Å². The monoisotopic (exact) mass is 254 g/mol. The molecule has 1 aromatic carbocycles. The van der Waals surface area contributed by atoms with Crippen LogP contribution in [0, 0.1) is 0 Å². The molecule has 0 spiro atoms. The molecule has 0 aliphatic carbocycles. The molecule has 0 saturated carbocycles. The highest BCUT2D eigenvalue weighted by Crippen LogP contribution is 2.10. The van der Waals surface area contributed by atoms with Crippen molar-refractivity contribution in [2.45, 2.75) is 6.42 Å². The smallest absolute Gasteiger partial charge is 0.330 e. The van der Waals surface area contributed by atoms with Gasteiger partial charge in [-0.15, -0.1) is 0 Å². The fourth-order valence-corrected chi connectivity index (χ4v) is 1.24. The van der Waals surface area contributed by atoms with Crippen molar-refractivity contribution in [2.75, 3.05) is 7.11 Å². The van der Waals surface area contributed by atoms with Crippen LogP contribution in [0.25, 0.3) is 0 Å². The van der Waals surface area contributed by atoms with Gasteiger partial charge in [-0.2, -0.15) is 0 Å². The predicted octanol–water partition coefficient (Wildman–Crippen LogP) is 2.72. The third-order valence-corrected chi connectivity index (χ3v) is 2.25. The second-order valence-corrected chi connectivity index (χ2v) is 3.67. The van der Waals surface area contributed by atoms with Crippen LogP contribution in [0.1, 0.15) is 5.56 Å². The quantitative estimate of drug-likeness (QED) is 0.613. The SMILES string of the molecule is COC(=O)C=CCc1ccc(Br)cc1. The molecule has 1 rings (SSSR count). The lowest BCUT2D eigenvalue weighted by molar-refractivity contribution is -0.134. The van der Waals surface area contributed by atoms with Crippen LogP contribution in [0.4, 0.5) is 0 Å². The topological polar surface area (TPSA) is 26.3 Å². The molecule has 0 N–H and O–H groups in total. The maximum Gasteiger partial charge on any atom is 0.330 e. The Balaban J connectivity index is 2.49. The number of rotatable bonds is 3. The van der Waals surface area contributed by atoms with E-state index in [0.717, 1.165) is 16.5 Å². The average molecular weight is 255 g/mol. The van der Waals surface area contributed by atoms with E-state index in [4.69, 9.17) is 0 Å². The standard InChI is InChI=1S/C11H11BrO2/c1-14-11(13)4-2-3-9-5-7-10(12)8-6-9/h2,4-8H,3H2,1H3. The molecule has 0 aromatic heterocycles. The van der Waals surface area contributed by atoms with Crippen molar-refractivity contribution in [3.05, 3.63) is 46.5 Å². The van der Waals surface area contributed by atoms with Gasteiger partial charge < -0.3 is 4.74 Å². The van der Waals surface area contributed by atoms with Gasteiger partial charge in [0.05, 0.1) is 7.11 Å². The molecular formula is C11H11BrO2. The Kier molecular flexibility index (Phi) is 4.40. The summed E-state index contributed by atoms with van der Waals surface area (Å²) < 4.78 is 5.53. The Morgan fingerprint density at radius 3 is 2.64 bits per heavy atom. The minimum Gasteiger partial charge on any atom is -0.466 e. The largest absolute Gasteiger partial charge is 0.466 e. The fourth-order valence-electron chi connectivity index (χ4n) is 0.980. The zero-order valence-electron chi connectivity index (χ0n) is 7.87. The molecule has 3 heteroatoms. The summed E-state index contributed by atoms with van der Waals surface area (Å²) in [5, 5.41) is 0. The molecule has 0 bridgehead atoms. The highest BCUT2D eigenvalue weighted by molar-refractivity contribution is 9.10. The van der Waals surface area contributed by atoms with Crippen LogP contribution in [0.15, 0.2) is 40.9 Å². The Morgan fingerprint density at radius 2 is 2.07 bits per heavy atom. The maximum absolute atomic E-state index is 10.7. The van der Waals surface area contributed by atoms with E-state index in [1.165, 1.54) is 13.2 Å². The van der Waals surface area contributed by atoms with Crippen molar-refractivity contribution >= 4 is 21.9 Å². The number of ether oxygens (including phenoxy) is 1. The van der Waals surface area contributed by atoms with E-state index in [1.54, 1.807) is 6.08 Å². The molecule has 0 heterocycles. The number of allylic oxidation sites excluding steroid dienone is 1. The van der Waals surface area contributed by atoms with Crippen LogP contribution in [0.2, 0.25) is 0 Å². The minimum atomic E-state index is -0.317. The molecule has 0 unspecified atom stereocenters. The molecule has 14 heavy (non-hydrogen) atoms. The van der Waals surface area contributed by atoms with E-state index >= 15 is 0 Å². The third kappa shape index (κ3) is 3.75. The molecule has 74 valence electrons. The van der Waals surface area contributed by atoms with Gasteiger partial charge in [0.2, 0.25) is 0 Å². The van der Waals surface area contributed by atoms with Gasteiger partial charge in [0, 0.05) is 10.5 Å². The number of methoxy groups -OCH3 is 1. The summed E-state index contributed by atoms with van der Waals surface area (Å²) in [6, 6.07) is 7.96. The number of benzene rings is 1. The summed E-state index contributed by atoms with van der Waals surface area (Å²) in [4.78, 5) is 10.7.